The van der Waals surface area contributed by atoms with Gasteiger partial charge in [0.2, 0.25) is 0 Å². The van der Waals surface area contributed by atoms with Gasteiger partial charge in [-0.3, -0.25) is 9.36 Å². The number of H-pyrrole nitrogens is 1. The number of aromatic amines is 1. The van der Waals surface area contributed by atoms with Crippen LogP contribution in [0.4, 0.5) is 0 Å². The lowest BCUT2D eigenvalue weighted by Crippen LogP contribution is -2.37. The molecule has 1 aromatic heterocycles. The molecule has 0 saturated carbocycles. The first-order valence-corrected chi connectivity index (χ1v) is 4.31. The molecule has 0 radical (unpaired) electrons. The lowest BCUT2D eigenvalue weighted by Gasteiger charge is -2.07. The van der Waals surface area contributed by atoms with Crippen LogP contribution in [0.15, 0.2) is 15.8 Å². The molecule has 1 heterocycles. The highest BCUT2D eigenvalue weighted by Crippen LogP contribution is 1.92. The number of rotatable bonds is 2. The van der Waals surface area contributed by atoms with E-state index in [1.165, 1.54) is 10.8 Å². The van der Waals surface area contributed by atoms with Crippen LogP contribution >= 0.6 is 0 Å². The van der Waals surface area contributed by atoms with E-state index in [1.54, 1.807) is 6.92 Å². The fourth-order valence-corrected chi connectivity index (χ4v) is 1.15. The SMILES string of the molecule is Cc1c[nH]c(=O)n(CC(C)C)c1=O. The molecule has 1 aromatic rings. The van der Waals surface area contributed by atoms with E-state index >= 15 is 0 Å². The molecule has 1 rings (SSSR count). The summed E-state index contributed by atoms with van der Waals surface area (Å²) in [5.74, 6) is 0.292. The number of hydrogen-bond acceptors (Lipinski definition) is 2. The van der Waals surface area contributed by atoms with Crippen molar-refractivity contribution in [2.24, 2.45) is 5.92 Å². The zero-order valence-electron chi connectivity index (χ0n) is 8.13. The third kappa shape index (κ3) is 2.08. The summed E-state index contributed by atoms with van der Waals surface area (Å²) in [7, 11) is 0. The number of hydrogen-bond donors (Lipinski definition) is 1. The molecule has 13 heavy (non-hydrogen) atoms. The minimum absolute atomic E-state index is 0.197. The van der Waals surface area contributed by atoms with Crippen molar-refractivity contribution in [3.8, 4) is 0 Å². The normalized spacial score (nSPS) is 10.8. The summed E-state index contributed by atoms with van der Waals surface area (Å²) in [5, 5.41) is 0. The van der Waals surface area contributed by atoms with Gasteiger partial charge in [-0.2, -0.15) is 0 Å². The fraction of sp³-hybridized carbons (Fsp3) is 0.556. The monoisotopic (exact) mass is 182 g/mol. The van der Waals surface area contributed by atoms with Crippen LogP contribution in [0.5, 0.6) is 0 Å². The van der Waals surface area contributed by atoms with E-state index in [1.807, 2.05) is 13.8 Å². The van der Waals surface area contributed by atoms with Crippen molar-refractivity contribution in [3.63, 3.8) is 0 Å². The molecule has 4 heteroatoms. The first-order valence-electron chi connectivity index (χ1n) is 4.31. The van der Waals surface area contributed by atoms with Gasteiger partial charge in [-0.05, 0) is 12.8 Å². The summed E-state index contributed by atoms with van der Waals surface area (Å²) in [4.78, 5) is 25.2. The van der Waals surface area contributed by atoms with Gasteiger partial charge in [0.25, 0.3) is 5.56 Å². The second-order valence-electron chi connectivity index (χ2n) is 3.59. The quantitative estimate of drug-likeness (QED) is 0.724. The number of aryl methyl sites for hydroxylation is 1. The smallest absolute Gasteiger partial charge is 0.314 e. The van der Waals surface area contributed by atoms with E-state index in [4.69, 9.17) is 0 Å². The second-order valence-corrected chi connectivity index (χ2v) is 3.59. The molecular weight excluding hydrogens is 168 g/mol. The van der Waals surface area contributed by atoms with Crippen molar-refractivity contribution in [1.82, 2.24) is 9.55 Å². The van der Waals surface area contributed by atoms with Crippen LogP contribution in [0, 0.1) is 12.8 Å². The predicted molar refractivity (Wildman–Crippen MR) is 50.9 cm³/mol. The molecule has 0 aliphatic rings. The van der Waals surface area contributed by atoms with Crippen molar-refractivity contribution >= 4 is 0 Å². The standard InChI is InChI=1S/C9H14N2O2/c1-6(2)5-11-8(12)7(3)4-10-9(11)13/h4,6H,5H2,1-3H3,(H,10,13). The average Bonchev–Trinajstić information content (AvgIpc) is 2.05. The Morgan fingerprint density at radius 2 is 2.08 bits per heavy atom. The lowest BCUT2D eigenvalue weighted by atomic mass is 10.2. The highest BCUT2D eigenvalue weighted by molar-refractivity contribution is 5.00. The summed E-state index contributed by atoms with van der Waals surface area (Å²) in [5.41, 5.74) is 0.0435. The molecule has 1 N–H and O–H groups in total. The van der Waals surface area contributed by atoms with Crippen LogP contribution in [-0.4, -0.2) is 9.55 Å². The molecular formula is C9H14N2O2. The third-order valence-corrected chi connectivity index (χ3v) is 1.79. The molecule has 4 nitrogen and oxygen atoms in total. The van der Waals surface area contributed by atoms with E-state index in [-0.39, 0.29) is 11.2 Å². The van der Waals surface area contributed by atoms with Crippen molar-refractivity contribution in [2.75, 3.05) is 0 Å². The van der Waals surface area contributed by atoms with E-state index in [0.717, 1.165) is 0 Å². The number of nitrogens with one attached hydrogen (secondary N) is 1. The van der Waals surface area contributed by atoms with Crippen molar-refractivity contribution in [2.45, 2.75) is 27.3 Å². The Kier molecular flexibility index (Phi) is 2.70. The van der Waals surface area contributed by atoms with Crippen LogP contribution in [0.3, 0.4) is 0 Å². The van der Waals surface area contributed by atoms with Crippen molar-refractivity contribution < 1.29 is 0 Å². The molecule has 0 bridgehead atoms. The molecule has 0 atom stereocenters. The van der Waals surface area contributed by atoms with Crippen LogP contribution in [0.2, 0.25) is 0 Å². The maximum atomic E-state index is 11.5. The molecule has 72 valence electrons. The zero-order chi connectivity index (χ0) is 10.0. The first kappa shape index (κ1) is 9.77. The summed E-state index contributed by atoms with van der Waals surface area (Å²) < 4.78 is 1.24. The minimum Gasteiger partial charge on any atom is -0.314 e. The number of aromatic nitrogens is 2. The summed E-state index contributed by atoms with van der Waals surface area (Å²) in [6.07, 6.45) is 1.45. The summed E-state index contributed by atoms with van der Waals surface area (Å²) in [6, 6.07) is 0. The topological polar surface area (TPSA) is 54.9 Å². The highest BCUT2D eigenvalue weighted by atomic mass is 16.2. The predicted octanol–water partition coefficient (Wildman–Crippen LogP) is 0.501. The maximum Gasteiger partial charge on any atom is 0.328 e. The Hall–Kier alpha value is -1.32. The van der Waals surface area contributed by atoms with E-state index in [0.29, 0.717) is 18.0 Å². The van der Waals surface area contributed by atoms with Gasteiger partial charge in [0.15, 0.2) is 0 Å². The van der Waals surface area contributed by atoms with Crippen molar-refractivity contribution in [3.05, 3.63) is 32.6 Å². The second kappa shape index (κ2) is 3.60. The van der Waals surface area contributed by atoms with E-state index in [2.05, 4.69) is 4.98 Å². The van der Waals surface area contributed by atoms with Gasteiger partial charge in [-0.1, -0.05) is 13.8 Å². The maximum absolute atomic E-state index is 11.5. The van der Waals surface area contributed by atoms with Crippen LogP contribution in [-0.2, 0) is 6.54 Å². The Labute approximate surface area is 76.2 Å². The first-order chi connectivity index (χ1) is 6.02. The van der Waals surface area contributed by atoms with Crippen LogP contribution in [0.1, 0.15) is 19.4 Å². The molecule has 0 saturated heterocycles. The van der Waals surface area contributed by atoms with Crippen LogP contribution < -0.4 is 11.2 Å². The Morgan fingerprint density at radius 3 is 2.62 bits per heavy atom. The average molecular weight is 182 g/mol. The lowest BCUT2D eigenvalue weighted by molar-refractivity contribution is 0.490. The number of nitrogens with zero attached hydrogens (tertiary/aromatic N) is 1. The Bertz CT molecular complexity index is 401. The summed E-state index contributed by atoms with van der Waals surface area (Å²) >= 11 is 0. The molecule has 0 amide bonds. The van der Waals surface area contributed by atoms with Crippen LogP contribution in [0.25, 0.3) is 0 Å². The van der Waals surface area contributed by atoms with Gasteiger partial charge in [-0.15, -0.1) is 0 Å². The molecule has 0 spiro atoms. The minimum atomic E-state index is -0.329. The van der Waals surface area contributed by atoms with E-state index in [9.17, 15) is 9.59 Å². The van der Waals surface area contributed by atoms with Crippen molar-refractivity contribution in [1.29, 1.82) is 0 Å². The molecule has 0 aromatic carbocycles. The van der Waals surface area contributed by atoms with Gasteiger partial charge in [0.1, 0.15) is 0 Å². The van der Waals surface area contributed by atoms with Gasteiger partial charge < -0.3 is 4.98 Å². The third-order valence-electron chi connectivity index (χ3n) is 1.79. The summed E-state index contributed by atoms with van der Waals surface area (Å²) in [6.45, 7) is 6.09. The van der Waals surface area contributed by atoms with Gasteiger partial charge >= 0.3 is 5.69 Å². The molecule has 0 aliphatic heterocycles. The van der Waals surface area contributed by atoms with Gasteiger partial charge in [0, 0.05) is 18.3 Å². The van der Waals surface area contributed by atoms with Gasteiger partial charge in [-0.25, -0.2) is 4.79 Å². The Balaban J connectivity index is 3.27. The molecule has 0 unspecified atom stereocenters. The van der Waals surface area contributed by atoms with E-state index < -0.39 is 0 Å². The fourth-order valence-electron chi connectivity index (χ4n) is 1.15. The largest absolute Gasteiger partial charge is 0.328 e. The molecule has 0 aliphatic carbocycles. The highest BCUT2D eigenvalue weighted by Gasteiger charge is 2.04. The zero-order valence-corrected chi connectivity index (χ0v) is 8.13. The molecule has 0 fully saturated rings. The Morgan fingerprint density at radius 1 is 1.46 bits per heavy atom. The van der Waals surface area contributed by atoms with Gasteiger partial charge in [0.05, 0.1) is 0 Å².